The third-order valence-electron chi connectivity index (χ3n) is 4.68. The molecule has 1 amide bonds. The lowest BCUT2D eigenvalue weighted by Gasteiger charge is -2.19. The molecule has 0 bridgehead atoms. The van der Waals surface area contributed by atoms with Crippen molar-refractivity contribution < 1.29 is 13.6 Å². The molecule has 0 saturated heterocycles. The zero-order chi connectivity index (χ0) is 19.2. The fourth-order valence-corrected chi connectivity index (χ4v) is 3.35. The van der Waals surface area contributed by atoms with E-state index in [1.165, 1.54) is 10.9 Å². The van der Waals surface area contributed by atoms with Gasteiger partial charge in [0.1, 0.15) is 11.5 Å². The topological polar surface area (TPSA) is 74.4 Å². The van der Waals surface area contributed by atoms with Gasteiger partial charge in [-0.15, -0.1) is 0 Å². The highest BCUT2D eigenvalue weighted by Gasteiger charge is 2.15. The molecular formula is C22H23N3O3. The number of rotatable bonds is 9. The van der Waals surface area contributed by atoms with E-state index in [0.717, 1.165) is 23.5 Å². The molecule has 0 aliphatic rings. The molecule has 0 spiro atoms. The number of nitrogens with zero attached hydrogens (tertiary/aromatic N) is 1. The van der Waals surface area contributed by atoms with Crippen LogP contribution in [0.2, 0.25) is 0 Å². The Hall–Kier alpha value is -3.25. The van der Waals surface area contributed by atoms with Crippen molar-refractivity contribution in [3.05, 3.63) is 84.3 Å². The molecule has 3 heterocycles. The molecule has 0 fully saturated rings. The van der Waals surface area contributed by atoms with Gasteiger partial charge in [-0.1, -0.05) is 18.2 Å². The number of aromatic amines is 1. The summed E-state index contributed by atoms with van der Waals surface area (Å²) >= 11 is 0. The number of amides is 1. The summed E-state index contributed by atoms with van der Waals surface area (Å²) in [6.45, 7) is 1.96. The Morgan fingerprint density at radius 2 is 1.68 bits per heavy atom. The second-order valence-electron chi connectivity index (χ2n) is 6.76. The normalized spacial score (nSPS) is 11.3. The molecule has 0 radical (unpaired) electrons. The summed E-state index contributed by atoms with van der Waals surface area (Å²) in [5.41, 5.74) is 2.32. The highest BCUT2D eigenvalue weighted by Crippen LogP contribution is 2.17. The van der Waals surface area contributed by atoms with Crippen LogP contribution in [0, 0.1) is 0 Å². The van der Waals surface area contributed by atoms with Crippen molar-refractivity contribution in [1.29, 1.82) is 0 Å². The second kappa shape index (κ2) is 8.63. The number of H-pyrrole nitrogens is 1. The van der Waals surface area contributed by atoms with Crippen LogP contribution in [0.5, 0.6) is 0 Å². The molecule has 0 aliphatic heterocycles. The standard InChI is InChI=1S/C22H23N3O3/c26-22(23-10-9-17-13-24-21-8-2-1-7-20(17)21)16-25(14-18-5-3-11-27-18)15-19-6-4-12-28-19/h1-8,11-13,24H,9-10,14-16H2,(H,23,26). The van der Waals surface area contributed by atoms with Gasteiger partial charge in [0.15, 0.2) is 0 Å². The predicted molar refractivity (Wildman–Crippen MR) is 107 cm³/mol. The van der Waals surface area contributed by atoms with Gasteiger partial charge in [0, 0.05) is 23.6 Å². The van der Waals surface area contributed by atoms with E-state index in [-0.39, 0.29) is 12.5 Å². The Balaban J connectivity index is 1.31. The summed E-state index contributed by atoms with van der Waals surface area (Å²) in [5, 5.41) is 4.22. The van der Waals surface area contributed by atoms with Crippen LogP contribution in [0.25, 0.3) is 10.9 Å². The van der Waals surface area contributed by atoms with Gasteiger partial charge in [0.2, 0.25) is 5.91 Å². The van der Waals surface area contributed by atoms with E-state index in [2.05, 4.69) is 22.4 Å². The zero-order valence-corrected chi connectivity index (χ0v) is 15.6. The third kappa shape index (κ3) is 4.53. The Bertz CT molecular complexity index is 967. The first-order valence-electron chi connectivity index (χ1n) is 9.37. The number of aromatic nitrogens is 1. The lowest BCUT2D eigenvalue weighted by atomic mass is 10.1. The molecule has 6 heteroatoms. The largest absolute Gasteiger partial charge is 0.468 e. The molecule has 144 valence electrons. The third-order valence-corrected chi connectivity index (χ3v) is 4.68. The molecule has 28 heavy (non-hydrogen) atoms. The molecule has 0 aliphatic carbocycles. The minimum Gasteiger partial charge on any atom is -0.468 e. The van der Waals surface area contributed by atoms with Crippen molar-refractivity contribution >= 4 is 16.8 Å². The van der Waals surface area contributed by atoms with E-state index in [9.17, 15) is 4.79 Å². The fourth-order valence-electron chi connectivity index (χ4n) is 3.35. The number of carbonyl (C=O) groups excluding carboxylic acids is 1. The SMILES string of the molecule is O=C(CN(Cc1ccco1)Cc1ccco1)NCCc1c[nH]c2ccccc12. The van der Waals surface area contributed by atoms with Crippen molar-refractivity contribution in [3.63, 3.8) is 0 Å². The smallest absolute Gasteiger partial charge is 0.234 e. The average Bonchev–Trinajstić information content (AvgIpc) is 3.44. The molecule has 1 aromatic carbocycles. The van der Waals surface area contributed by atoms with Crippen LogP contribution in [0.15, 0.2) is 76.1 Å². The molecular weight excluding hydrogens is 354 g/mol. The van der Waals surface area contributed by atoms with Crippen LogP contribution in [-0.2, 0) is 24.3 Å². The van der Waals surface area contributed by atoms with Crippen molar-refractivity contribution in [2.75, 3.05) is 13.1 Å². The highest BCUT2D eigenvalue weighted by atomic mass is 16.3. The van der Waals surface area contributed by atoms with Gasteiger partial charge in [-0.2, -0.15) is 0 Å². The minimum atomic E-state index is -0.0158. The van der Waals surface area contributed by atoms with Crippen LogP contribution in [0.1, 0.15) is 17.1 Å². The monoisotopic (exact) mass is 377 g/mol. The molecule has 4 aromatic rings. The molecule has 3 aromatic heterocycles. The number of para-hydroxylation sites is 1. The van der Waals surface area contributed by atoms with E-state index >= 15 is 0 Å². The van der Waals surface area contributed by atoms with Crippen molar-refractivity contribution in [1.82, 2.24) is 15.2 Å². The lowest BCUT2D eigenvalue weighted by Crippen LogP contribution is -2.37. The number of hydrogen-bond donors (Lipinski definition) is 2. The van der Waals surface area contributed by atoms with Crippen LogP contribution < -0.4 is 5.32 Å². The van der Waals surface area contributed by atoms with E-state index < -0.39 is 0 Å². The first-order valence-corrected chi connectivity index (χ1v) is 9.37. The van der Waals surface area contributed by atoms with Gasteiger partial charge in [-0.05, 0) is 42.3 Å². The van der Waals surface area contributed by atoms with Gasteiger partial charge >= 0.3 is 0 Å². The number of furan rings is 2. The lowest BCUT2D eigenvalue weighted by molar-refractivity contribution is -0.122. The molecule has 4 rings (SSSR count). The molecule has 2 N–H and O–H groups in total. The minimum absolute atomic E-state index is 0.0158. The van der Waals surface area contributed by atoms with E-state index in [4.69, 9.17) is 8.83 Å². The summed E-state index contributed by atoms with van der Waals surface area (Å²) in [6, 6.07) is 15.7. The van der Waals surface area contributed by atoms with Crippen LogP contribution >= 0.6 is 0 Å². The number of benzene rings is 1. The summed E-state index contributed by atoms with van der Waals surface area (Å²) in [7, 11) is 0. The fraction of sp³-hybridized carbons (Fsp3) is 0.227. The molecule has 6 nitrogen and oxygen atoms in total. The average molecular weight is 377 g/mol. The van der Waals surface area contributed by atoms with E-state index in [0.29, 0.717) is 19.6 Å². The molecule has 0 unspecified atom stereocenters. The maximum Gasteiger partial charge on any atom is 0.234 e. The summed E-state index contributed by atoms with van der Waals surface area (Å²) in [6.07, 6.45) is 6.08. The Morgan fingerprint density at radius 3 is 2.36 bits per heavy atom. The van der Waals surface area contributed by atoms with Gasteiger partial charge in [-0.25, -0.2) is 0 Å². The zero-order valence-electron chi connectivity index (χ0n) is 15.6. The number of hydrogen-bond acceptors (Lipinski definition) is 4. The molecule has 0 atom stereocenters. The first-order chi connectivity index (χ1) is 13.8. The molecule has 0 saturated carbocycles. The Kier molecular flexibility index (Phi) is 5.58. The van der Waals surface area contributed by atoms with Gasteiger partial charge < -0.3 is 19.1 Å². The number of fused-ring (bicyclic) bond motifs is 1. The van der Waals surface area contributed by atoms with Crippen molar-refractivity contribution in [2.24, 2.45) is 0 Å². The second-order valence-corrected chi connectivity index (χ2v) is 6.76. The quantitative estimate of drug-likeness (QED) is 0.466. The van der Waals surface area contributed by atoms with Crippen molar-refractivity contribution in [3.8, 4) is 0 Å². The maximum absolute atomic E-state index is 12.5. The highest BCUT2D eigenvalue weighted by molar-refractivity contribution is 5.83. The predicted octanol–water partition coefficient (Wildman–Crippen LogP) is 3.72. The first kappa shape index (κ1) is 18.1. The van der Waals surface area contributed by atoms with Gasteiger partial charge in [0.05, 0.1) is 32.2 Å². The van der Waals surface area contributed by atoms with Crippen LogP contribution in [0.4, 0.5) is 0 Å². The summed E-state index contributed by atoms with van der Waals surface area (Å²) < 4.78 is 10.9. The van der Waals surface area contributed by atoms with Crippen molar-refractivity contribution in [2.45, 2.75) is 19.5 Å². The van der Waals surface area contributed by atoms with Gasteiger partial charge in [0.25, 0.3) is 0 Å². The van der Waals surface area contributed by atoms with Crippen LogP contribution in [0.3, 0.4) is 0 Å². The van der Waals surface area contributed by atoms with E-state index in [1.807, 2.05) is 47.5 Å². The Morgan fingerprint density at radius 1 is 0.964 bits per heavy atom. The van der Waals surface area contributed by atoms with Gasteiger partial charge in [-0.3, -0.25) is 9.69 Å². The van der Waals surface area contributed by atoms with Crippen LogP contribution in [-0.4, -0.2) is 28.9 Å². The summed E-state index contributed by atoms with van der Waals surface area (Å²) in [4.78, 5) is 17.7. The number of nitrogens with one attached hydrogen (secondary N) is 2. The summed E-state index contributed by atoms with van der Waals surface area (Å²) in [5.74, 6) is 1.62. The maximum atomic E-state index is 12.5. The number of carbonyl (C=O) groups is 1. The van der Waals surface area contributed by atoms with E-state index in [1.54, 1.807) is 12.5 Å². The Labute approximate surface area is 163 Å².